The van der Waals surface area contributed by atoms with Gasteiger partial charge in [0.05, 0.1) is 0 Å². The molecule has 0 saturated carbocycles. The summed E-state index contributed by atoms with van der Waals surface area (Å²) in [7, 11) is 1.44. The minimum absolute atomic E-state index is 0.0371. The molecule has 1 aromatic carbocycles. The van der Waals surface area contributed by atoms with Crippen LogP contribution in [0.3, 0.4) is 0 Å². The molecule has 7 nitrogen and oxygen atoms in total. The Bertz CT molecular complexity index is 697. The van der Waals surface area contributed by atoms with Crippen molar-refractivity contribution in [2.75, 3.05) is 19.5 Å². The van der Waals surface area contributed by atoms with Crippen LogP contribution in [0.1, 0.15) is 50.5 Å². The van der Waals surface area contributed by atoms with Gasteiger partial charge in [-0.2, -0.15) is 0 Å². The molecule has 0 aromatic heterocycles. The summed E-state index contributed by atoms with van der Waals surface area (Å²) in [6, 6.07) is 4.57. The fourth-order valence-corrected chi connectivity index (χ4v) is 2.08. The standard InChI is InChI=1S/C16H22N4O3.C3H6.C2H6/c1-9(6-10(2)20-14(21)8-23-3)15(18)12-7-11(16(19)22)4-5-13(12)17;1-3-2;1-2/h4-7,9,18H,8,17H2,1-3H3,(H2,19,22)(H,20,21);3H,1H2,2H3;1-2H3/b10-6+,18-15?;;. The molecule has 0 aliphatic heterocycles. The Morgan fingerprint density at radius 3 is 2.36 bits per heavy atom. The Morgan fingerprint density at radius 2 is 1.89 bits per heavy atom. The number of nitrogen functional groups attached to an aromatic ring is 1. The smallest absolute Gasteiger partial charge is 0.250 e. The molecule has 1 rings (SSSR count). The Balaban J connectivity index is 0. The highest BCUT2D eigenvalue weighted by atomic mass is 16.5. The second-order valence-electron chi connectivity index (χ2n) is 5.61. The van der Waals surface area contributed by atoms with Crippen LogP contribution in [-0.4, -0.2) is 31.2 Å². The van der Waals surface area contributed by atoms with Crippen LogP contribution in [0.15, 0.2) is 42.6 Å². The van der Waals surface area contributed by atoms with E-state index in [1.807, 2.05) is 20.8 Å². The van der Waals surface area contributed by atoms with Crippen LogP contribution in [0.2, 0.25) is 0 Å². The zero-order valence-electron chi connectivity index (χ0n) is 17.8. The minimum Gasteiger partial charge on any atom is -0.398 e. The molecule has 28 heavy (non-hydrogen) atoms. The van der Waals surface area contributed by atoms with E-state index < -0.39 is 5.91 Å². The van der Waals surface area contributed by atoms with Crippen LogP contribution in [0.4, 0.5) is 5.69 Å². The van der Waals surface area contributed by atoms with E-state index in [1.54, 1.807) is 32.1 Å². The quantitative estimate of drug-likeness (QED) is 0.323. The molecule has 0 aliphatic carbocycles. The van der Waals surface area contributed by atoms with E-state index in [2.05, 4.69) is 11.9 Å². The molecule has 0 fully saturated rings. The van der Waals surface area contributed by atoms with Crippen molar-refractivity contribution in [1.29, 1.82) is 5.41 Å². The van der Waals surface area contributed by atoms with Gasteiger partial charge >= 0.3 is 0 Å². The molecule has 2 amide bonds. The molecular weight excluding hydrogens is 356 g/mol. The minimum atomic E-state index is -0.578. The van der Waals surface area contributed by atoms with Crippen molar-refractivity contribution in [3.63, 3.8) is 0 Å². The van der Waals surface area contributed by atoms with E-state index in [-0.39, 0.29) is 24.1 Å². The molecule has 1 unspecified atom stereocenters. The monoisotopic (exact) mass is 390 g/mol. The van der Waals surface area contributed by atoms with Gasteiger partial charge in [0, 0.05) is 41.3 Å². The van der Waals surface area contributed by atoms with Crippen molar-refractivity contribution >= 4 is 23.2 Å². The molecule has 0 saturated heterocycles. The van der Waals surface area contributed by atoms with E-state index in [0.29, 0.717) is 22.5 Å². The van der Waals surface area contributed by atoms with Gasteiger partial charge in [-0.15, -0.1) is 6.58 Å². The number of methoxy groups -OCH3 is 1. The average Bonchev–Trinajstić information content (AvgIpc) is 2.63. The van der Waals surface area contributed by atoms with Gasteiger partial charge in [-0.1, -0.05) is 32.9 Å². The van der Waals surface area contributed by atoms with Crippen molar-refractivity contribution in [3.8, 4) is 0 Å². The Morgan fingerprint density at radius 1 is 1.36 bits per heavy atom. The highest BCUT2D eigenvalue weighted by Crippen LogP contribution is 2.19. The van der Waals surface area contributed by atoms with Crippen LogP contribution < -0.4 is 16.8 Å². The van der Waals surface area contributed by atoms with Gasteiger partial charge in [0.2, 0.25) is 11.8 Å². The van der Waals surface area contributed by atoms with Gasteiger partial charge in [-0.05, 0) is 32.0 Å². The van der Waals surface area contributed by atoms with Crippen molar-refractivity contribution in [2.24, 2.45) is 11.7 Å². The van der Waals surface area contributed by atoms with E-state index in [4.69, 9.17) is 21.6 Å². The normalized spacial score (nSPS) is 11.0. The van der Waals surface area contributed by atoms with Gasteiger partial charge in [-0.25, -0.2) is 0 Å². The fraction of sp³-hybridized carbons (Fsp3) is 0.381. The summed E-state index contributed by atoms with van der Waals surface area (Å²) < 4.78 is 4.74. The number of carbonyl (C=O) groups is 2. The van der Waals surface area contributed by atoms with Crippen LogP contribution in [0.25, 0.3) is 0 Å². The largest absolute Gasteiger partial charge is 0.398 e. The first-order valence-corrected chi connectivity index (χ1v) is 9.00. The third kappa shape index (κ3) is 10.3. The summed E-state index contributed by atoms with van der Waals surface area (Å²) in [6.45, 7) is 12.7. The number of amides is 2. The highest BCUT2D eigenvalue weighted by molar-refractivity contribution is 6.07. The Labute approximate surface area is 168 Å². The molecule has 0 aliphatic rings. The SMILES string of the molecule is C=CC.CC.COCC(=O)N/C(C)=C/C(C)C(=N)c1cc(C(N)=O)ccc1N. The number of hydrogen-bond acceptors (Lipinski definition) is 5. The molecule has 1 atom stereocenters. The maximum Gasteiger partial charge on any atom is 0.250 e. The van der Waals surface area contributed by atoms with Crippen molar-refractivity contribution in [2.45, 2.75) is 34.6 Å². The molecule has 7 heteroatoms. The summed E-state index contributed by atoms with van der Waals surface area (Å²) in [5, 5.41) is 10.9. The topological polar surface area (TPSA) is 131 Å². The lowest BCUT2D eigenvalue weighted by molar-refractivity contribution is -0.124. The maximum absolute atomic E-state index is 11.4. The van der Waals surface area contributed by atoms with Crippen LogP contribution in [0, 0.1) is 11.3 Å². The number of nitrogens with one attached hydrogen (secondary N) is 2. The van der Waals surface area contributed by atoms with E-state index in [1.165, 1.54) is 19.2 Å². The predicted molar refractivity (Wildman–Crippen MR) is 116 cm³/mol. The maximum atomic E-state index is 11.4. The second kappa shape index (κ2) is 15.2. The molecule has 0 spiro atoms. The number of hydrogen-bond donors (Lipinski definition) is 4. The Kier molecular flexibility index (Phi) is 14.8. The number of ether oxygens (including phenoxy) is 1. The molecule has 6 N–H and O–H groups in total. The summed E-state index contributed by atoms with van der Waals surface area (Å²) in [4.78, 5) is 22.7. The number of anilines is 1. The predicted octanol–water partition coefficient (Wildman–Crippen LogP) is 3.26. The molecule has 0 heterocycles. The van der Waals surface area contributed by atoms with Gasteiger partial charge in [-0.3, -0.25) is 9.59 Å². The van der Waals surface area contributed by atoms with Crippen LogP contribution in [0.5, 0.6) is 0 Å². The van der Waals surface area contributed by atoms with Gasteiger partial charge in [0.1, 0.15) is 6.61 Å². The molecule has 0 bridgehead atoms. The summed E-state index contributed by atoms with van der Waals surface area (Å²) in [6.07, 6.45) is 3.48. The zero-order valence-corrected chi connectivity index (χ0v) is 17.8. The lowest BCUT2D eigenvalue weighted by Crippen LogP contribution is -2.26. The molecule has 0 radical (unpaired) electrons. The van der Waals surface area contributed by atoms with Gasteiger partial charge in [0.25, 0.3) is 0 Å². The summed E-state index contributed by atoms with van der Waals surface area (Å²) in [5.74, 6) is -1.16. The van der Waals surface area contributed by atoms with Crippen molar-refractivity contribution in [3.05, 3.63) is 53.8 Å². The molecular formula is C21H34N4O3. The lowest BCUT2D eigenvalue weighted by atomic mass is 9.94. The summed E-state index contributed by atoms with van der Waals surface area (Å²) in [5.41, 5.74) is 13.1. The molecule has 156 valence electrons. The average molecular weight is 391 g/mol. The molecule has 1 aromatic rings. The number of carbonyl (C=O) groups excluding carboxylic acids is 2. The van der Waals surface area contributed by atoms with E-state index in [0.717, 1.165) is 0 Å². The first-order chi connectivity index (χ1) is 13.2. The van der Waals surface area contributed by atoms with Crippen molar-refractivity contribution in [1.82, 2.24) is 5.32 Å². The first-order valence-electron chi connectivity index (χ1n) is 9.00. The van der Waals surface area contributed by atoms with Crippen LogP contribution >= 0.6 is 0 Å². The van der Waals surface area contributed by atoms with E-state index >= 15 is 0 Å². The third-order valence-corrected chi connectivity index (χ3v) is 3.20. The zero-order chi connectivity index (χ0) is 22.3. The highest BCUT2D eigenvalue weighted by Gasteiger charge is 2.14. The van der Waals surface area contributed by atoms with Gasteiger partial charge < -0.3 is 26.9 Å². The summed E-state index contributed by atoms with van der Waals surface area (Å²) >= 11 is 0. The fourth-order valence-electron chi connectivity index (χ4n) is 2.08. The van der Waals surface area contributed by atoms with Crippen LogP contribution in [-0.2, 0) is 9.53 Å². The Hall–Kier alpha value is -2.93. The number of allylic oxidation sites excluding steroid dienone is 3. The third-order valence-electron chi connectivity index (χ3n) is 3.20. The van der Waals surface area contributed by atoms with Gasteiger partial charge in [0.15, 0.2) is 0 Å². The number of nitrogens with two attached hydrogens (primary N) is 2. The second-order valence-corrected chi connectivity index (χ2v) is 5.61. The lowest BCUT2D eigenvalue weighted by Gasteiger charge is -2.14. The van der Waals surface area contributed by atoms with Crippen molar-refractivity contribution < 1.29 is 14.3 Å². The first kappa shape index (κ1) is 27.3. The number of primary amides is 1. The van der Waals surface area contributed by atoms with E-state index in [9.17, 15) is 9.59 Å². The number of rotatable bonds is 7. The number of benzene rings is 1.